The summed E-state index contributed by atoms with van der Waals surface area (Å²) in [7, 11) is 1.82. The van der Waals surface area contributed by atoms with Crippen LogP contribution in [0.4, 0.5) is 11.4 Å². The van der Waals surface area contributed by atoms with Gasteiger partial charge in [-0.3, -0.25) is 9.48 Å². The van der Waals surface area contributed by atoms with E-state index in [-0.39, 0.29) is 5.91 Å². The number of anilines is 2. The molecule has 2 N–H and O–H groups in total. The molecule has 0 aliphatic rings. The highest BCUT2D eigenvalue weighted by molar-refractivity contribution is 6.30. The van der Waals surface area contributed by atoms with E-state index in [1.165, 1.54) is 0 Å². The molecule has 0 unspecified atom stereocenters. The van der Waals surface area contributed by atoms with Gasteiger partial charge in [0.2, 0.25) is 0 Å². The van der Waals surface area contributed by atoms with Crippen LogP contribution in [0.5, 0.6) is 0 Å². The number of benzene rings is 4. The summed E-state index contributed by atoms with van der Waals surface area (Å²) in [4.78, 5) is 13.1. The van der Waals surface area contributed by atoms with Crippen molar-refractivity contribution in [2.24, 2.45) is 7.05 Å². The summed E-state index contributed by atoms with van der Waals surface area (Å²) in [5.41, 5.74) is 4.71. The van der Waals surface area contributed by atoms with Crippen molar-refractivity contribution < 1.29 is 4.79 Å². The van der Waals surface area contributed by atoms with Crippen LogP contribution >= 0.6 is 11.6 Å². The van der Waals surface area contributed by atoms with Gasteiger partial charge in [-0.1, -0.05) is 84.4 Å². The number of aromatic nitrogens is 2. The molecule has 0 atom stereocenters. The predicted molar refractivity (Wildman–Crippen MR) is 139 cm³/mol. The van der Waals surface area contributed by atoms with Crippen LogP contribution in [-0.4, -0.2) is 15.7 Å². The first kappa shape index (κ1) is 21.7. The van der Waals surface area contributed by atoms with Crippen molar-refractivity contribution in [2.45, 2.75) is 6.54 Å². The van der Waals surface area contributed by atoms with Crippen LogP contribution < -0.4 is 10.6 Å². The zero-order chi connectivity index (χ0) is 23.5. The largest absolute Gasteiger partial charge is 0.380 e. The van der Waals surface area contributed by atoms with Crippen LogP contribution in [-0.2, 0) is 13.6 Å². The molecule has 5 rings (SSSR count). The predicted octanol–water partition coefficient (Wildman–Crippen LogP) is 6.76. The maximum atomic E-state index is 13.1. The molecule has 0 bridgehead atoms. The highest BCUT2D eigenvalue weighted by Crippen LogP contribution is 2.29. The fourth-order valence-electron chi connectivity index (χ4n) is 4.02. The Labute approximate surface area is 203 Å². The minimum atomic E-state index is -0.182. The molecule has 5 aromatic rings. The lowest BCUT2D eigenvalue weighted by Gasteiger charge is -2.13. The van der Waals surface area contributed by atoms with E-state index >= 15 is 0 Å². The van der Waals surface area contributed by atoms with Crippen molar-refractivity contribution in [3.8, 4) is 11.3 Å². The molecule has 4 aromatic carbocycles. The van der Waals surface area contributed by atoms with E-state index in [0.29, 0.717) is 17.3 Å². The molecule has 5 nitrogen and oxygen atoms in total. The molecule has 6 heteroatoms. The Bertz CT molecular complexity index is 1480. The molecule has 34 heavy (non-hydrogen) atoms. The Morgan fingerprint density at radius 1 is 0.882 bits per heavy atom. The second-order valence-electron chi connectivity index (χ2n) is 8.02. The van der Waals surface area contributed by atoms with E-state index in [2.05, 4.69) is 15.7 Å². The Kier molecular flexibility index (Phi) is 6.02. The van der Waals surface area contributed by atoms with Crippen LogP contribution in [0.25, 0.3) is 22.0 Å². The van der Waals surface area contributed by atoms with Gasteiger partial charge in [-0.2, -0.15) is 5.10 Å². The highest BCUT2D eigenvalue weighted by Gasteiger charge is 2.17. The number of amides is 1. The van der Waals surface area contributed by atoms with Gasteiger partial charge in [0.1, 0.15) is 5.15 Å². The standard InChI is InChI=1S/C28H23ClN4O/c1-33-27(29)24(26(32-33)20-10-3-2-4-11-20)18-30-25-14-8-7-13-23(25)28(34)31-22-16-15-19-9-5-6-12-21(19)17-22/h2-17,30H,18H2,1H3,(H,31,34). The lowest BCUT2D eigenvalue weighted by atomic mass is 10.1. The molecule has 0 aliphatic heterocycles. The van der Waals surface area contributed by atoms with Gasteiger partial charge in [0, 0.05) is 36.1 Å². The lowest BCUT2D eigenvalue weighted by molar-refractivity contribution is 0.102. The maximum Gasteiger partial charge on any atom is 0.257 e. The summed E-state index contributed by atoms with van der Waals surface area (Å²) in [6, 6.07) is 31.3. The van der Waals surface area contributed by atoms with Crippen LogP contribution in [0.1, 0.15) is 15.9 Å². The minimum Gasteiger partial charge on any atom is -0.380 e. The number of nitrogens with zero attached hydrogens (tertiary/aromatic N) is 2. The van der Waals surface area contributed by atoms with E-state index in [9.17, 15) is 4.79 Å². The van der Waals surface area contributed by atoms with Crippen LogP contribution in [0, 0.1) is 0 Å². The average molecular weight is 467 g/mol. The summed E-state index contributed by atoms with van der Waals surface area (Å²) in [6.07, 6.45) is 0. The molecule has 0 aliphatic carbocycles. The first-order valence-corrected chi connectivity index (χ1v) is 11.4. The number of carbonyl (C=O) groups excluding carboxylic acids is 1. The third kappa shape index (κ3) is 4.38. The number of halogens is 1. The second-order valence-corrected chi connectivity index (χ2v) is 8.38. The van der Waals surface area contributed by atoms with Gasteiger partial charge in [0.25, 0.3) is 5.91 Å². The molecule has 0 spiro atoms. The topological polar surface area (TPSA) is 59.0 Å². The minimum absolute atomic E-state index is 0.182. The first-order valence-electron chi connectivity index (χ1n) is 11.0. The molecule has 1 heterocycles. The number of carbonyl (C=O) groups is 1. The van der Waals surface area contributed by atoms with Gasteiger partial charge < -0.3 is 10.6 Å². The Balaban J connectivity index is 1.38. The number of fused-ring (bicyclic) bond motifs is 1. The van der Waals surface area contributed by atoms with Gasteiger partial charge in [0.15, 0.2) is 0 Å². The summed E-state index contributed by atoms with van der Waals surface area (Å²) in [5.74, 6) is -0.182. The van der Waals surface area contributed by atoms with E-state index in [1.54, 1.807) is 4.68 Å². The summed E-state index contributed by atoms with van der Waals surface area (Å²) in [6.45, 7) is 0.428. The quantitative estimate of drug-likeness (QED) is 0.290. The van der Waals surface area contributed by atoms with Crippen LogP contribution in [0.2, 0.25) is 5.15 Å². The highest BCUT2D eigenvalue weighted by atomic mass is 35.5. The average Bonchev–Trinajstić information content (AvgIpc) is 3.16. The van der Waals surface area contributed by atoms with E-state index in [0.717, 1.165) is 39.0 Å². The number of para-hydroxylation sites is 1. The molecule has 0 saturated heterocycles. The second kappa shape index (κ2) is 9.41. The van der Waals surface area contributed by atoms with Gasteiger partial charge in [-0.25, -0.2) is 0 Å². The van der Waals surface area contributed by atoms with Crippen molar-refractivity contribution >= 4 is 39.7 Å². The zero-order valence-corrected chi connectivity index (χ0v) is 19.4. The van der Waals surface area contributed by atoms with E-state index < -0.39 is 0 Å². The van der Waals surface area contributed by atoms with Crippen molar-refractivity contribution in [3.05, 3.63) is 113 Å². The third-order valence-corrected chi connectivity index (χ3v) is 6.22. The fraction of sp³-hybridized carbons (Fsp3) is 0.0714. The molecular formula is C28H23ClN4O. The van der Waals surface area contributed by atoms with Crippen molar-refractivity contribution in [1.29, 1.82) is 0 Å². The molecule has 0 fully saturated rings. The maximum absolute atomic E-state index is 13.1. The molecular weight excluding hydrogens is 444 g/mol. The Morgan fingerprint density at radius 3 is 2.41 bits per heavy atom. The lowest BCUT2D eigenvalue weighted by Crippen LogP contribution is -2.15. The fourth-order valence-corrected chi connectivity index (χ4v) is 4.21. The molecule has 1 aromatic heterocycles. The molecule has 1 amide bonds. The Morgan fingerprint density at radius 2 is 1.59 bits per heavy atom. The van der Waals surface area contributed by atoms with Crippen molar-refractivity contribution in [1.82, 2.24) is 9.78 Å². The van der Waals surface area contributed by atoms with E-state index in [4.69, 9.17) is 11.6 Å². The summed E-state index contributed by atoms with van der Waals surface area (Å²) >= 11 is 6.57. The number of aryl methyl sites for hydroxylation is 1. The van der Waals surface area contributed by atoms with Crippen LogP contribution in [0.15, 0.2) is 97.1 Å². The monoisotopic (exact) mass is 466 g/mol. The van der Waals surface area contributed by atoms with Gasteiger partial charge >= 0.3 is 0 Å². The van der Waals surface area contributed by atoms with Gasteiger partial charge in [-0.15, -0.1) is 0 Å². The van der Waals surface area contributed by atoms with Gasteiger partial charge in [-0.05, 0) is 35.0 Å². The summed E-state index contributed by atoms with van der Waals surface area (Å²) in [5, 5.41) is 13.8. The smallest absolute Gasteiger partial charge is 0.257 e. The SMILES string of the molecule is Cn1nc(-c2ccccc2)c(CNc2ccccc2C(=O)Nc2ccc3ccccc3c2)c1Cl. The van der Waals surface area contributed by atoms with E-state index in [1.807, 2.05) is 104 Å². The number of nitrogens with one attached hydrogen (secondary N) is 2. The van der Waals surface area contributed by atoms with Crippen molar-refractivity contribution in [2.75, 3.05) is 10.6 Å². The molecule has 168 valence electrons. The number of rotatable bonds is 6. The number of hydrogen-bond donors (Lipinski definition) is 2. The normalized spacial score (nSPS) is 10.9. The zero-order valence-electron chi connectivity index (χ0n) is 18.6. The molecule has 0 radical (unpaired) electrons. The van der Waals surface area contributed by atoms with Crippen LogP contribution in [0.3, 0.4) is 0 Å². The Hall–Kier alpha value is -4.09. The van der Waals surface area contributed by atoms with Crippen molar-refractivity contribution in [3.63, 3.8) is 0 Å². The van der Waals surface area contributed by atoms with Gasteiger partial charge in [0.05, 0.1) is 11.3 Å². The third-order valence-electron chi connectivity index (χ3n) is 5.75. The first-order chi connectivity index (χ1) is 16.6. The number of hydrogen-bond acceptors (Lipinski definition) is 3. The summed E-state index contributed by atoms with van der Waals surface area (Å²) < 4.78 is 1.67. The molecule has 0 saturated carbocycles.